The van der Waals surface area contributed by atoms with Crippen molar-refractivity contribution in [1.29, 1.82) is 0 Å². The zero-order chi connectivity index (χ0) is 10.6. The van der Waals surface area contributed by atoms with Gasteiger partial charge in [-0.2, -0.15) is 0 Å². The van der Waals surface area contributed by atoms with Gasteiger partial charge in [0.2, 0.25) is 0 Å². The molecule has 2 N–H and O–H groups in total. The van der Waals surface area contributed by atoms with Crippen molar-refractivity contribution in [2.24, 2.45) is 0 Å². The highest BCUT2D eigenvalue weighted by molar-refractivity contribution is 5.73. The van der Waals surface area contributed by atoms with Gasteiger partial charge in [-0.15, -0.1) is 0 Å². The Hall–Kier alpha value is -1.42. The molecular weight excluding hydrogens is 185 g/mol. The van der Waals surface area contributed by atoms with Crippen LogP contribution >= 0.6 is 0 Å². The summed E-state index contributed by atoms with van der Waals surface area (Å²) < 4.78 is 12.5. The van der Waals surface area contributed by atoms with E-state index in [4.69, 9.17) is 5.11 Å². The lowest BCUT2D eigenvalue weighted by Gasteiger charge is -2.10. The van der Waals surface area contributed by atoms with Crippen LogP contribution in [0.2, 0.25) is 0 Å². The van der Waals surface area contributed by atoms with Crippen molar-refractivity contribution in [2.75, 3.05) is 7.05 Å². The van der Waals surface area contributed by atoms with Gasteiger partial charge in [-0.25, -0.2) is 4.39 Å². The summed E-state index contributed by atoms with van der Waals surface area (Å²) in [4.78, 5) is 10.7. The maximum atomic E-state index is 12.5. The molecule has 1 aromatic carbocycles. The van der Waals surface area contributed by atoms with E-state index in [0.717, 1.165) is 5.56 Å². The van der Waals surface area contributed by atoms with Crippen LogP contribution in [0.25, 0.3) is 0 Å². The Kier molecular flexibility index (Phi) is 3.59. The average Bonchev–Trinajstić information content (AvgIpc) is 2.16. The molecule has 0 radical (unpaired) electrons. The second kappa shape index (κ2) is 4.72. The van der Waals surface area contributed by atoms with Crippen LogP contribution in [0.5, 0.6) is 0 Å². The van der Waals surface area contributed by atoms with Crippen molar-refractivity contribution in [2.45, 2.75) is 12.5 Å². The predicted octanol–water partition coefficient (Wildman–Crippen LogP) is 1.04. The zero-order valence-corrected chi connectivity index (χ0v) is 7.83. The first kappa shape index (κ1) is 10.7. The third-order valence-electron chi connectivity index (χ3n) is 2.00. The molecule has 0 heterocycles. The Balaban J connectivity index is 2.67. The monoisotopic (exact) mass is 197 g/mol. The van der Waals surface area contributed by atoms with E-state index >= 15 is 0 Å². The van der Waals surface area contributed by atoms with Crippen LogP contribution in [0.15, 0.2) is 24.3 Å². The highest BCUT2D eigenvalue weighted by Crippen LogP contribution is 2.05. The standard InChI is InChI=1S/C10H12FNO2/c1-12-9(10(13)14)6-7-2-4-8(11)5-3-7/h2-5,9,12H,6H2,1H3,(H,13,14)/t9-/m1/s1. The molecule has 0 spiro atoms. The van der Waals surface area contributed by atoms with E-state index in [1.807, 2.05) is 0 Å². The highest BCUT2D eigenvalue weighted by Gasteiger charge is 2.14. The van der Waals surface area contributed by atoms with Crippen LogP contribution in [0.4, 0.5) is 4.39 Å². The number of hydrogen-bond donors (Lipinski definition) is 2. The van der Waals surface area contributed by atoms with Gasteiger partial charge in [0.25, 0.3) is 0 Å². The maximum absolute atomic E-state index is 12.5. The molecule has 0 fully saturated rings. The lowest BCUT2D eigenvalue weighted by Crippen LogP contribution is -2.35. The van der Waals surface area contributed by atoms with Gasteiger partial charge in [0.1, 0.15) is 11.9 Å². The van der Waals surface area contributed by atoms with Crippen LogP contribution in [-0.4, -0.2) is 24.2 Å². The van der Waals surface area contributed by atoms with Gasteiger partial charge in [-0.05, 0) is 31.2 Å². The fourth-order valence-electron chi connectivity index (χ4n) is 1.17. The van der Waals surface area contributed by atoms with Gasteiger partial charge in [0, 0.05) is 0 Å². The third kappa shape index (κ3) is 2.81. The number of hydrogen-bond acceptors (Lipinski definition) is 2. The lowest BCUT2D eigenvalue weighted by atomic mass is 10.1. The molecule has 0 aliphatic rings. The molecule has 0 unspecified atom stereocenters. The molecule has 0 saturated heterocycles. The number of benzene rings is 1. The van der Waals surface area contributed by atoms with Gasteiger partial charge >= 0.3 is 5.97 Å². The van der Waals surface area contributed by atoms with E-state index in [1.165, 1.54) is 12.1 Å². The molecule has 76 valence electrons. The molecule has 1 atom stereocenters. The predicted molar refractivity (Wildman–Crippen MR) is 50.6 cm³/mol. The van der Waals surface area contributed by atoms with E-state index < -0.39 is 12.0 Å². The zero-order valence-electron chi connectivity index (χ0n) is 7.83. The van der Waals surface area contributed by atoms with E-state index in [2.05, 4.69) is 5.32 Å². The van der Waals surface area contributed by atoms with Gasteiger partial charge in [0.15, 0.2) is 0 Å². The number of carboxylic acid groups (broad SMARTS) is 1. The molecule has 14 heavy (non-hydrogen) atoms. The van der Waals surface area contributed by atoms with E-state index in [-0.39, 0.29) is 5.82 Å². The molecule has 0 amide bonds. The van der Waals surface area contributed by atoms with E-state index in [9.17, 15) is 9.18 Å². The van der Waals surface area contributed by atoms with Crippen molar-refractivity contribution >= 4 is 5.97 Å². The first-order chi connectivity index (χ1) is 6.63. The minimum absolute atomic E-state index is 0.315. The van der Waals surface area contributed by atoms with Gasteiger partial charge in [-0.3, -0.25) is 4.79 Å². The second-order valence-corrected chi connectivity index (χ2v) is 3.01. The lowest BCUT2D eigenvalue weighted by molar-refractivity contribution is -0.139. The molecule has 1 aromatic rings. The fourth-order valence-corrected chi connectivity index (χ4v) is 1.17. The number of likely N-dealkylation sites (N-methyl/N-ethyl adjacent to an activating group) is 1. The minimum Gasteiger partial charge on any atom is -0.480 e. The number of rotatable bonds is 4. The van der Waals surface area contributed by atoms with Gasteiger partial charge < -0.3 is 10.4 Å². The van der Waals surface area contributed by atoms with Crippen LogP contribution < -0.4 is 5.32 Å². The number of halogens is 1. The van der Waals surface area contributed by atoms with Crippen LogP contribution in [0, 0.1) is 5.82 Å². The van der Waals surface area contributed by atoms with Crippen molar-refractivity contribution in [3.8, 4) is 0 Å². The Bertz CT molecular complexity index is 310. The fraction of sp³-hybridized carbons (Fsp3) is 0.300. The van der Waals surface area contributed by atoms with E-state index in [0.29, 0.717) is 6.42 Å². The Morgan fingerprint density at radius 1 is 1.50 bits per heavy atom. The highest BCUT2D eigenvalue weighted by atomic mass is 19.1. The molecular formula is C10H12FNO2. The summed E-state index contributed by atoms with van der Waals surface area (Å²) in [6, 6.07) is 5.19. The van der Waals surface area contributed by atoms with E-state index in [1.54, 1.807) is 19.2 Å². The minimum atomic E-state index is -0.906. The quantitative estimate of drug-likeness (QED) is 0.758. The summed E-state index contributed by atoms with van der Waals surface area (Å²) in [6.07, 6.45) is 0.353. The van der Waals surface area contributed by atoms with Crippen LogP contribution in [0.1, 0.15) is 5.56 Å². The van der Waals surface area contributed by atoms with Gasteiger partial charge in [-0.1, -0.05) is 12.1 Å². The average molecular weight is 197 g/mol. The Morgan fingerprint density at radius 2 is 2.07 bits per heavy atom. The molecule has 4 heteroatoms. The molecule has 0 aromatic heterocycles. The first-order valence-electron chi connectivity index (χ1n) is 4.28. The van der Waals surface area contributed by atoms with Crippen LogP contribution in [0.3, 0.4) is 0 Å². The second-order valence-electron chi connectivity index (χ2n) is 3.01. The largest absolute Gasteiger partial charge is 0.480 e. The Labute approximate surface area is 81.6 Å². The first-order valence-corrected chi connectivity index (χ1v) is 4.28. The summed E-state index contributed by atoms with van der Waals surface area (Å²) in [6.45, 7) is 0. The summed E-state index contributed by atoms with van der Waals surface area (Å²) in [5.41, 5.74) is 0.799. The third-order valence-corrected chi connectivity index (χ3v) is 2.00. The molecule has 1 rings (SSSR count). The summed E-state index contributed by atoms with van der Waals surface area (Å²) in [5, 5.41) is 11.4. The molecule has 0 aliphatic carbocycles. The number of carboxylic acids is 1. The summed E-state index contributed by atoms with van der Waals surface area (Å²) in [5.74, 6) is -1.22. The number of carbonyl (C=O) groups is 1. The normalized spacial score (nSPS) is 12.4. The number of aliphatic carboxylic acids is 1. The molecule has 3 nitrogen and oxygen atoms in total. The summed E-state index contributed by atoms with van der Waals surface area (Å²) >= 11 is 0. The molecule has 0 bridgehead atoms. The Morgan fingerprint density at radius 3 is 2.50 bits per heavy atom. The maximum Gasteiger partial charge on any atom is 0.321 e. The topological polar surface area (TPSA) is 49.3 Å². The van der Waals surface area contributed by atoms with Gasteiger partial charge in [0.05, 0.1) is 0 Å². The van der Waals surface area contributed by atoms with Crippen molar-refractivity contribution in [1.82, 2.24) is 5.32 Å². The number of nitrogens with one attached hydrogen (secondary N) is 1. The van der Waals surface area contributed by atoms with Crippen molar-refractivity contribution in [3.05, 3.63) is 35.6 Å². The smallest absolute Gasteiger partial charge is 0.321 e. The van der Waals surface area contributed by atoms with Crippen molar-refractivity contribution in [3.63, 3.8) is 0 Å². The SMILES string of the molecule is CN[C@H](Cc1ccc(F)cc1)C(=O)O. The van der Waals surface area contributed by atoms with Crippen LogP contribution in [-0.2, 0) is 11.2 Å². The van der Waals surface area contributed by atoms with Crippen molar-refractivity contribution < 1.29 is 14.3 Å². The summed E-state index contributed by atoms with van der Waals surface area (Å²) in [7, 11) is 1.59. The molecule has 0 saturated carbocycles. The molecule has 0 aliphatic heterocycles.